The first-order chi connectivity index (χ1) is 9.24. The highest BCUT2D eigenvalue weighted by Crippen LogP contribution is 2.32. The summed E-state index contributed by atoms with van der Waals surface area (Å²) in [4.78, 5) is 9.87. The summed E-state index contributed by atoms with van der Waals surface area (Å²) in [6.07, 6.45) is 5.65. The molecule has 1 aromatic heterocycles. The van der Waals surface area contributed by atoms with Gasteiger partial charge >= 0.3 is 0 Å². The SMILES string of the molecule is CSc1nc(N)cc(Sc2ccc3c(c2)CCC3)n1. The van der Waals surface area contributed by atoms with Crippen molar-refractivity contribution in [2.45, 2.75) is 34.3 Å². The van der Waals surface area contributed by atoms with Gasteiger partial charge in [0.05, 0.1) is 0 Å². The van der Waals surface area contributed by atoms with Gasteiger partial charge in [0.2, 0.25) is 0 Å². The number of nitrogens with zero attached hydrogens (tertiary/aromatic N) is 2. The number of rotatable bonds is 3. The number of hydrogen-bond donors (Lipinski definition) is 1. The highest BCUT2D eigenvalue weighted by atomic mass is 32.2. The molecule has 0 bridgehead atoms. The standard InChI is InChI=1S/C14H15N3S2/c1-18-14-16-12(15)8-13(17-14)19-11-6-5-9-3-2-4-10(9)7-11/h5-8H,2-4H2,1H3,(H2,15,16,17). The van der Waals surface area contributed by atoms with E-state index < -0.39 is 0 Å². The van der Waals surface area contributed by atoms with Crippen molar-refractivity contribution in [2.24, 2.45) is 0 Å². The second-order valence-electron chi connectivity index (χ2n) is 4.50. The van der Waals surface area contributed by atoms with Gasteiger partial charge in [-0.15, -0.1) is 0 Å². The van der Waals surface area contributed by atoms with E-state index >= 15 is 0 Å². The van der Waals surface area contributed by atoms with Crippen molar-refractivity contribution in [3.63, 3.8) is 0 Å². The summed E-state index contributed by atoms with van der Waals surface area (Å²) in [6, 6.07) is 8.53. The normalized spacial score (nSPS) is 13.5. The minimum absolute atomic E-state index is 0.531. The van der Waals surface area contributed by atoms with Gasteiger partial charge < -0.3 is 5.73 Å². The van der Waals surface area contributed by atoms with Crippen molar-refractivity contribution in [1.82, 2.24) is 9.97 Å². The van der Waals surface area contributed by atoms with Crippen LogP contribution in [-0.4, -0.2) is 16.2 Å². The Morgan fingerprint density at radius 1 is 1.11 bits per heavy atom. The molecule has 0 saturated heterocycles. The molecular formula is C14H15N3S2. The minimum atomic E-state index is 0.531. The van der Waals surface area contributed by atoms with Crippen molar-refractivity contribution in [1.29, 1.82) is 0 Å². The highest BCUT2D eigenvalue weighted by Gasteiger charge is 2.12. The molecule has 2 aromatic rings. The lowest BCUT2D eigenvalue weighted by Crippen LogP contribution is -1.95. The molecule has 0 saturated carbocycles. The van der Waals surface area contributed by atoms with Crippen molar-refractivity contribution < 1.29 is 0 Å². The molecule has 0 atom stereocenters. The zero-order valence-corrected chi connectivity index (χ0v) is 12.4. The van der Waals surface area contributed by atoms with E-state index in [4.69, 9.17) is 5.73 Å². The Hall–Kier alpha value is -1.20. The maximum absolute atomic E-state index is 5.80. The third-order valence-electron chi connectivity index (χ3n) is 3.18. The molecule has 3 rings (SSSR count). The van der Waals surface area contributed by atoms with Crippen molar-refractivity contribution in [3.8, 4) is 0 Å². The molecule has 1 aromatic carbocycles. The molecule has 0 spiro atoms. The number of benzene rings is 1. The highest BCUT2D eigenvalue weighted by molar-refractivity contribution is 7.99. The summed E-state index contributed by atoms with van der Waals surface area (Å²) < 4.78 is 0. The summed E-state index contributed by atoms with van der Waals surface area (Å²) >= 11 is 3.17. The monoisotopic (exact) mass is 289 g/mol. The Labute approximate surface area is 121 Å². The Balaban J connectivity index is 1.86. The first-order valence-corrected chi connectivity index (χ1v) is 8.27. The van der Waals surface area contributed by atoms with Gasteiger partial charge in [-0.3, -0.25) is 0 Å². The van der Waals surface area contributed by atoms with E-state index in [1.165, 1.54) is 47.0 Å². The average molecular weight is 289 g/mol. The fraction of sp³-hybridized carbons (Fsp3) is 0.286. The van der Waals surface area contributed by atoms with E-state index in [1.807, 2.05) is 12.3 Å². The number of nitrogen functional groups attached to an aromatic ring is 1. The first-order valence-electron chi connectivity index (χ1n) is 6.23. The van der Waals surface area contributed by atoms with Crippen LogP contribution in [0.3, 0.4) is 0 Å². The van der Waals surface area contributed by atoms with Crippen LogP contribution in [0.15, 0.2) is 39.3 Å². The molecule has 0 aliphatic heterocycles. The summed E-state index contributed by atoms with van der Waals surface area (Å²) in [7, 11) is 0. The third-order valence-corrected chi connectivity index (χ3v) is 4.63. The summed E-state index contributed by atoms with van der Waals surface area (Å²) in [5.41, 5.74) is 8.78. The Morgan fingerprint density at radius 3 is 2.79 bits per heavy atom. The zero-order valence-electron chi connectivity index (χ0n) is 10.7. The molecule has 1 aliphatic rings. The molecule has 0 unspecified atom stereocenters. The molecule has 0 radical (unpaired) electrons. The van der Waals surface area contributed by atoms with Gasteiger partial charge in [-0.1, -0.05) is 29.6 Å². The van der Waals surface area contributed by atoms with Crippen LogP contribution < -0.4 is 5.73 Å². The van der Waals surface area contributed by atoms with Gasteiger partial charge in [0, 0.05) is 11.0 Å². The number of aryl methyl sites for hydroxylation is 2. The van der Waals surface area contributed by atoms with Crippen LogP contribution in [0.2, 0.25) is 0 Å². The lowest BCUT2D eigenvalue weighted by Gasteiger charge is -2.06. The number of anilines is 1. The molecule has 3 nitrogen and oxygen atoms in total. The van der Waals surface area contributed by atoms with Crippen LogP contribution in [0.25, 0.3) is 0 Å². The van der Waals surface area contributed by atoms with Crippen LogP contribution in [-0.2, 0) is 12.8 Å². The van der Waals surface area contributed by atoms with E-state index in [1.54, 1.807) is 11.8 Å². The van der Waals surface area contributed by atoms with Crippen LogP contribution in [0.1, 0.15) is 17.5 Å². The molecule has 98 valence electrons. The summed E-state index contributed by atoms with van der Waals surface area (Å²) in [5.74, 6) is 0.531. The van der Waals surface area contributed by atoms with E-state index in [0.717, 1.165) is 10.2 Å². The number of fused-ring (bicyclic) bond motifs is 1. The molecule has 2 N–H and O–H groups in total. The topological polar surface area (TPSA) is 51.8 Å². The van der Waals surface area contributed by atoms with E-state index in [0.29, 0.717) is 5.82 Å². The molecular weight excluding hydrogens is 274 g/mol. The van der Waals surface area contributed by atoms with Gasteiger partial charge in [0.25, 0.3) is 0 Å². The van der Waals surface area contributed by atoms with Gasteiger partial charge in [-0.2, -0.15) is 0 Å². The number of aromatic nitrogens is 2. The fourth-order valence-electron chi connectivity index (χ4n) is 2.30. The average Bonchev–Trinajstić information content (AvgIpc) is 2.85. The van der Waals surface area contributed by atoms with Crippen molar-refractivity contribution >= 4 is 29.3 Å². The lowest BCUT2D eigenvalue weighted by molar-refractivity contribution is 0.901. The lowest BCUT2D eigenvalue weighted by atomic mass is 10.1. The molecule has 1 aliphatic carbocycles. The third kappa shape index (κ3) is 2.87. The van der Waals surface area contributed by atoms with Crippen LogP contribution in [0, 0.1) is 0 Å². The zero-order chi connectivity index (χ0) is 13.2. The van der Waals surface area contributed by atoms with Gasteiger partial charge in [0.15, 0.2) is 5.16 Å². The minimum Gasteiger partial charge on any atom is -0.384 e. The quantitative estimate of drug-likeness (QED) is 0.533. The smallest absolute Gasteiger partial charge is 0.190 e. The second-order valence-corrected chi connectivity index (χ2v) is 6.37. The summed E-state index contributed by atoms with van der Waals surface area (Å²) in [6.45, 7) is 0. The Morgan fingerprint density at radius 2 is 1.95 bits per heavy atom. The first kappa shape index (κ1) is 12.8. The molecule has 1 heterocycles. The van der Waals surface area contributed by atoms with Gasteiger partial charge in [-0.05, 0) is 48.8 Å². The van der Waals surface area contributed by atoms with E-state index in [9.17, 15) is 0 Å². The summed E-state index contributed by atoms with van der Waals surface area (Å²) in [5, 5.41) is 1.64. The van der Waals surface area contributed by atoms with E-state index in [2.05, 4.69) is 28.2 Å². The fourth-order valence-corrected chi connectivity index (χ4v) is 3.63. The largest absolute Gasteiger partial charge is 0.384 e. The van der Waals surface area contributed by atoms with Crippen LogP contribution >= 0.6 is 23.5 Å². The van der Waals surface area contributed by atoms with Crippen LogP contribution in [0.4, 0.5) is 5.82 Å². The molecule has 0 amide bonds. The second kappa shape index (κ2) is 5.43. The van der Waals surface area contributed by atoms with Gasteiger partial charge in [0.1, 0.15) is 10.8 Å². The van der Waals surface area contributed by atoms with Crippen molar-refractivity contribution in [2.75, 3.05) is 12.0 Å². The molecule has 19 heavy (non-hydrogen) atoms. The van der Waals surface area contributed by atoms with Gasteiger partial charge in [-0.25, -0.2) is 9.97 Å². The number of hydrogen-bond acceptors (Lipinski definition) is 5. The van der Waals surface area contributed by atoms with E-state index in [-0.39, 0.29) is 0 Å². The Kier molecular flexibility index (Phi) is 3.66. The maximum atomic E-state index is 5.80. The Bertz CT molecular complexity index is 614. The predicted molar refractivity (Wildman–Crippen MR) is 80.8 cm³/mol. The molecule has 5 heteroatoms. The predicted octanol–water partition coefficient (Wildman–Crippen LogP) is 3.42. The number of thioether (sulfide) groups is 1. The number of nitrogens with two attached hydrogens (primary N) is 1. The maximum Gasteiger partial charge on any atom is 0.190 e. The van der Waals surface area contributed by atoms with Crippen molar-refractivity contribution in [3.05, 3.63) is 35.4 Å². The molecule has 0 fully saturated rings. The van der Waals surface area contributed by atoms with Crippen LogP contribution in [0.5, 0.6) is 0 Å².